The number of ether oxygens (including phenoxy) is 3. The Labute approximate surface area is 210 Å². The first-order valence-corrected chi connectivity index (χ1v) is 12.2. The van der Waals surface area contributed by atoms with Gasteiger partial charge in [0.2, 0.25) is 5.88 Å². The van der Waals surface area contributed by atoms with Crippen molar-refractivity contribution in [1.82, 2.24) is 14.8 Å². The summed E-state index contributed by atoms with van der Waals surface area (Å²) in [6.07, 6.45) is 0.588. The molecule has 4 atom stereocenters. The van der Waals surface area contributed by atoms with Crippen molar-refractivity contribution in [1.29, 1.82) is 0 Å². The predicted octanol–water partition coefficient (Wildman–Crippen LogP) is 4.31. The number of imide groups is 1. The first-order valence-electron chi connectivity index (χ1n) is 12.2. The Hall–Kier alpha value is -3.56. The van der Waals surface area contributed by atoms with E-state index in [-0.39, 0.29) is 24.9 Å². The zero-order valence-corrected chi connectivity index (χ0v) is 21.3. The number of pyridine rings is 1. The van der Waals surface area contributed by atoms with Gasteiger partial charge >= 0.3 is 12.2 Å². The second-order valence-corrected chi connectivity index (χ2v) is 10.3. The number of benzene rings is 1. The fourth-order valence-electron chi connectivity index (χ4n) is 4.69. The molecule has 1 aliphatic carbocycles. The summed E-state index contributed by atoms with van der Waals surface area (Å²) in [5.74, 6) is 0.573. The number of hydrogen-bond acceptors (Lipinski definition) is 7. The molecule has 2 aliphatic rings. The van der Waals surface area contributed by atoms with Crippen LogP contribution in [0.25, 0.3) is 10.8 Å². The highest BCUT2D eigenvalue weighted by molar-refractivity contribution is 5.97. The standard InChI is InChI=1S/C26H33N3O7/c1-6-15-12-20(15)29(24(31)32)23(30)21-13-18(14-28(21)25(33)36-26(2,3)4)35-22-19-8-7-17(34-5)11-16(19)9-10-27-22/h7-11,15,18,20-21H,6,12-14H2,1-5H3,(H,31,32). The van der Waals surface area contributed by atoms with Crippen LogP contribution < -0.4 is 9.47 Å². The fraction of sp³-hybridized carbons (Fsp3) is 0.538. The van der Waals surface area contributed by atoms with Crippen LogP contribution in [0, 0.1) is 5.92 Å². The molecule has 1 aromatic heterocycles. The minimum absolute atomic E-state index is 0.0644. The molecular formula is C26H33N3O7. The molecule has 2 heterocycles. The Kier molecular flexibility index (Phi) is 6.97. The van der Waals surface area contributed by atoms with Crippen LogP contribution in [-0.2, 0) is 9.53 Å². The summed E-state index contributed by atoms with van der Waals surface area (Å²) in [6, 6.07) is 5.95. The molecule has 2 fully saturated rings. The van der Waals surface area contributed by atoms with Gasteiger partial charge in [0, 0.05) is 24.0 Å². The van der Waals surface area contributed by atoms with Gasteiger partial charge in [-0.3, -0.25) is 9.69 Å². The van der Waals surface area contributed by atoms with Crippen LogP contribution in [0.2, 0.25) is 0 Å². The molecule has 1 N–H and O–H groups in total. The number of hydrogen-bond donors (Lipinski definition) is 1. The third kappa shape index (κ3) is 5.32. The van der Waals surface area contributed by atoms with Gasteiger partial charge in [0.1, 0.15) is 23.5 Å². The maximum absolute atomic E-state index is 13.5. The second-order valence-electron chi connectivity index (χ2n) is 10.3. The topological polar surface area (TPSA) is 119 Å². The van der Waals surface area contributed by atoms with Crippen LogP contribution in [0.5, 0.6) is 11.6 Å². The molecule has 0 radical (unpaired) electrons. The molecule has 10 heteroatoms. The smallest absolute Gasteiger partial charge is 0.414 e. The lowest BCUT2D eigenvalue weighted by Gasteiger charge is -2.30. The quantitative estimate of drug-likeness (QED) is 0.625. The number of nitrogens with zero attached hydrogens (tertiary/aromatic N) is 3. The SMILES string of the molecule is CCC1CC1N(C(=O)O)C(=O)C1CC(Oc2nccc3cc(OC)ccc23)CN1C(=O)OC(C)(C)C. The van der Waals surface area contributed by atoms with Crippen molar-refractivity contribution in [3.63, 3.8) is 0 Å². The van der Waals surface area contributed by atoms with Gasteiger partial charge in [-0.2, -0.15) is 0 Å². The van der Waals surface area contributed by atoms with E-state index in [2.05, 4.69) is 4.98 Å². The highest BCUT2D eigenvalue weighted by Gasteiger charge is 2.51. The number of carbonyl (C=O) groups excluding carboxylic acids is 2. The lowest BCUT2D eigenvalue weighted by Crippen LogP contribution is -2.51. The minimum Gasteiger partial charge on any atom is -0.497 e. The summed E-state index contributed by atoms with van der Waals surface area (Å²) in [7, 11) is 1.59. The fourth-order valence-corrected chi connectivity index (χ4v) is 4.69. The zero-order valence-electron chi connectivity index (χ0n) is 21.3. The Balaban J connectivity index is 1.60. The van der Waals surface area contributed by atoms with Crippen molar-refractivity contribution in [2.75, 3.05) is 13.7 Å². The molecule has 4 rings (SSSR count). The molecule has 10 nitrogen and oxygen atoms in total. The third-order valence-electron chi connectivity index (χ3n) is 6.57. The molecule has 1 aliphatic heterocycles. The highest BCUT2D eigenvalue weighted by atomic mass is 16.6. The molecule has 1 saturated heterocycles. The number of aromatic nitrogens is 1. The summed E-state index contributed by atoms with van der Waals surface area (Å²) in [4.78, 5) is 45.1. The highest BCUT2D eigenvalue weighted by Crippen LogP contribution is 2.40. The van der Waals surface area contributed by atoms with Crippen LogP contribution in [0.4, 0.5) is 9.59 Å². The van der Waals surface area contributed by atoms with E-state index in [0.29, 0.717) is 18.1 Å². The van der Waals surface area contributed by atoms with Gasteiger partial charge in [-0.05, 0) is 62.8 Å². The monoisotopic (exact) mass is 499 g/mol. The van der Waals surface area contributed by atoms with E-state index in [1.807, 2.05) is 25.1 Å². The van der Waals surface area contributed by atoms with E-state index in [4.69, 9.17) is 14.2 Å². The molecule has 0 spiro atoms. The molecule has 0 bridgehead atoms. The molecule has 2 aromatic rings. The Morgan fingerprint density at radius 2 is 1.94 bits per heavy atom. The van der Waals surface area contributed by atoms with Crippen LogP contribution >= 0.6 is 0 Å². The van der Waals surface area contributed by atoms with Gasteiger partial charge in [0.15, 0.2) is 0 Å². The number of likely N-dealkylation sites (tertiary alicyclic amines) is 1. The largest absolute Gasteiger partial charge is 0.497 e. The van der Waals surface area contributed by atoms with Gasteiger partial charge in [-0.15, -0.1) is 0 Å². The Morgan fingerprint density at radius 1 is 1.19 bits per heavy atom. The van der Waals surface area contributed by atoms with E-state index in [0.717, 1.165) is 22.1 Å². The first kappa shape index (κ1) is 25.5. The summed E-state index contributed by atoms with van der Waals surface area (Å²) in [5, 5.41) is 11.4. The van der Waals surface area contributed by atoms with Gasteiger partial charge in [-0.25, -0.2) is 19.5 Å². The zero-order chi connectivity index (χ0) is 26.2. The minimum atomic E-state index is -1.31. The van der Waals surface area contributed by atoms with E-state index in [1.165, 1.54) is 4.90 Å². The van der Waals surface area contributed by atoms with Gasteiger partial charge in [0.05, 0.1) is 13.7 Å². The number of methoxy groups -OCH3 is 1. The van der Waals surface area contributed by atoms with Crippen LogP contribution in [0.3, 0.4) is 0 Å². The van der Waals surface area contributed by atoms with E-state index in [1.54, 1.807) is 40.1 Å². The molecule has 1 saturated carbocycles. The average Bonchev–Trinajstić information content (AvgIpc) is 3.45. The van der Waals surface area contributed by atoms with Crippen LogP contribution in [-0.4, -0.2) is 75.4 Å². The Morgan fingerprint density at radius 3 is 2.56 bits per heavy atom. The van der Waals surface area contributed by atoms with Crippen LogP contribution in [0.1, 0.15) is 47.0 Å². The van der Waals surface area contributed by atoms with Crippen molar-refractivity contribution in [2.24, 2.45) is 5.92 Å². The Bertz CT molecular complexity index is 1160. The first-order chi connectivity index (χ1) is 17.0. The lowest BCUT2D eigenvalue weighted by molar-refractivity contribution is -0.134. The summed E-state index contributed by atoms with van der Waals surface area (Å²) in [5.41, 5.74) is -0.782. The van der Waals surface area contributed by atoms with Crippen molar-refractivity contribution in [3.8, 4) is 11.6 Å². The molecule has 36 heavy (non-hydrogen) atoms. The number of carbonyl (C=O) groups is 3. The summed E-state index contributed by atoms with van der Waals surface area (Å²) in [6.45, 7) is 7.24. The van der Waals surface area contributed by atoms with E-state index >= 15 is 0 Å². The summed E-state index contributed by atoms with van der Waals surface area (Å²) < 4.78 is 17.0. The van der Waals surface area contributed by atoms with Crippen molar-refractivity contribution < 1.29 is 33.7 Å². The molecule has 194 valence electrons. The maximum Gasteiger partial charge on any atom is 0.414 e. The van der Waals surface area contributed by atoms with Gasteiger partial charge < -0.3 is 19.3 Å². The average molecular weight is 500 g/mol. The number of fused-ring (bicyclic) bond motifs is 1. The number of rotatable bonds is 6. The molecule has 1 aromatic carbocycles. The number of carboxylic acid groups (broad SMARTS) is 1. The molecule has 3 amide bonds. The van der Waals surface area contributed by atoms with Crippen molar-refractivity contribution in [3.05, 3.63) is 30.5 Å². The predicted molar refractivity (Wildman–Crippen MR) is 131 cm³/mol. The van der Waals surface area contributed by atoms with Gasteiger partial charge in [-0.1, -0.05) is 13.3 Å². The van der Waals surface area contributed by atoms with Crippen LogP contribution in [0.15, 0.2) is 30.5 Å². The third-order valence-corrected chi connectivity index (χ3v) is 6.57. The lowest BCUT2D eigenvalue weighted by atomic mass is 10.1. The number of amides is 3. The second kappa shape index (κ2) is 9.83. The molecule has 4 unspecified atom stereocenters. The van der Waals surface area contributed by atoms with Crippen molar-refractivity contribution >= 4 is 28.9 Å². The van der Waals surface area contributed by atoms with Gasteiger partial charge in [0.25, 0.3) is 5.91 Å². The molecular weight excluding hydrogens is 466 g/mol. The van der Waals surface area contributed by atoms with Crippen molar-refractivity contribution in [2.45, 2.75) is 70.7 Å². The normalized spacial score (nSPS) is 23.3. The summed E-state index contributed by atoms with van der Waals surface area (Å²) >= 11 is 0. The maximum atomic E-state index is 13.5. The van der Waals surface area contributed by atoms with E-state index in [9.17, 15) is 19.5 Å². The van der Waals surface area contributed by atoms with E-state index < -0.39 is 35.8 Å².